The number of nitrogens with one attached hydrogen (secondary N) is 1. The highest BCUT2D eigenvalue weighted by Gasteiger charge is 2.17. The zero-order valence-electron chi connectivity index (χ0n) is 12.9. The van der Waals surface area contributed by atoms with Crippen LogP contribution >= 0.6 is 0 Å². The first kappa shape index (κ1) is 15.6. The molecule has 0 spiro atoms. The zero-order valence-corrected chi connectivity index (χ0v) is 12.9. The molecule has 4 nitrogen and oxygen atoms in total. The van der Waals surface area contributed by atoms with Crippen LogP contribution in [0.2, 0.25) is 0 Å². The van der Waals surface area contributed by atoms with Crippen LogP contribution in [0, 0.1) is 25.2 Å². The molecule has 0 saturated carbocycles. The Hall–Kier alpha value is -2.80. The van der Waals surface area contributed by atoms with E-state index >= 15 is 0 Å². The van der Waals surface area contributed by atoms with Crippen molar-refractivity contribution in [3.8, 4) is 11.8 Å². The van der Waals surface area contributed by atoms with Gasteiger partial charge in [-0.3, -0.25) is 4.79 Å². The van der Waals surface area contributed by atoms with Crippen LogP contribution < -0.4 is 10.1 Å². The van der Waals surface area contributed by atoms with E-state index in [1.807, 2.05) is 32.0 Å². The Morgan fingerprint density at radius 3 is 2.41 bits per heavy atom. The number of para-hydroxylation sites is 2. The number of nitrogens with zero attached hydrogens (tertiary/aromatic N) is 1. The van der Waals surface area contributed by atoms with Crippen molar-refractivity contribution in [1.29, 1.82) is 5.26 Å². The molecule has 112 valence electrons. The molecule has 1 N–H and O–H groups in total. The number of rotatable bonds is 4. The minimum absolute atomic E-state index is 0.287. The van der Waals surface area contributed by atoms with Gasteiger partial charge in [-0.25, -0.2) is 0 Å². The molecule has 1 atom stereocenters. The summed E-state index contributed by atoms with van der Waals surface area (Å²) in [5.74, 6) is 0.434. The molecule has 0 aliphatic rings. The quantitative estimate of drug-likeness (QED) is 0.937. The van der Waals surface area contributed by atoms with Crippen molar-refractivity contribution in [2.75, 3.05) is 5.32 Å². The lowest BCUT2D eigenvalue weighted by atomic mass is 10.1. The first-order valence-electron chi connectivity index (χ1n) is 7.05. The van der Waals surface area contributed by atoms with Gasteiger partial charge in [-0.2, -0.15) is 5.26 Å². The third kappa shape index (κ3) is 3.44. The Morgan fingerprint density at radius 2 is 1.77 bits per heavy atom. The van der Waals surface area contributed by atoms with Gasteiger partial charge in [0.1, 0.15) is 11.8 Å². The molecule has 4 heteroatoms. The molecule has 22 heavy (non-hydrogen) atoms. The van der Waals surface area contributed by atoms with E-state index in [9.17, 15) is 4.79 Å². The number of hydrogen-bond donors (Lipinski definition) is 1. The van der Waals surface area contributed by atoms with Crippen molar-refractivity contribution in [3.63, 3.8) is 0 Å². The molecule has 2 rings (SSSR count). The van der Waals surface area contributed by atoms with Crippen LogP contribution in [-0.4, -0.2) is 12.0 Å². The van der Waals surface area contributed by atoms with E-state index in [0.29, 0.717) is 11.3 Å². The summed E-state index contributed by atoms with van der Waals surface area (Å²) in [7, 11) is 0. The topological polar surface area (TPSA) is 62.1 Å². The summed E-state index contributed by atoms with van der Waals surface area (Å²) in [5, 5.41) is 11.8. The Bertz CT molecular complexity index is 712. The van der Waals surface area contributed by atoms with Gasteiger partial charge in [0.25, 0.3) is 5.91 Å². The molecular weight excluding hydrogens is 276 g/mol. The highest BCUT2D eigenvalue weighted by molar-refractivity contribution is 5.95. The minimum atomic E-state index is -0.661. The summed E-state index contributed by atoms with van der Waals surface area (Å²) in [6, 6.07) is 14.8. The van der Waals surface area contributed by atoms with Crippen LogP contribution in [-0.2, 0) is 4.79 Å². The molecule has 2 aromatic rings. The summed E-state index contributed by atoms with van der Waals surface area (Å²) < 4.78 is 5.79. The number of anilines is 1. The van der Waals surface area contributed by atoms with Gasteiger partial charge in [0.2, 0.25) is 0 Å². The van der Waals surface area contributed by atoms with Crippen LogP contribution in [0.15, 0.2) is 42.5 Å². The number of nitriles is 1. The average molecular weight is 294 g/mol. The third-order valence-corrected chi connectivity index (χ3v) is 3.38. The van der Waals surface area contributed by atoms with E-state index in [2.05, 4.69) is 11.4 Å². The monoisotopic (exact) mass is 294 g/mol. The second-order valence-electron chi connectivity index (χ2n) is 5.13. The molecule has 0 fully saturated rings. The highest BCUT2D eigenvalue weighted by Crippen LogP contribution is 2.24. The Labute approximate surface area is 130 Å². The van der Waals surface area contributed by atoms with Gasteiger partial charge in [0.15, 0.2) is 6.10 Å². The summed E-state index contributed by atoms with van der Waals surface area (Å²) in [6.45, 7) is 5.58. The van der Waals surface area contributed by atoms with E-state index in [1.165, 1.54) is 0 Å². The summed E-state index contributed by atoms with van der Waals surface area (Å²) in [6.07, 6.45) is -0.661. The molecule has 2 aromatic carbocycles. The minimum Gasteiger partial charge on any atom is -0.480 e. The summed E-state index contributed by atoms with van der Waals surface area (Å²) in [5.41, 5.74) is 2.89. The number of amides is 1. The molecule has 0 aliphatic carbocycles. The van der Waals surface area contributed by atoms with E-state index in [0.717, 1.165) is 16.9 Å². The van der Waals surface area contributed by atoms with Gasteiger partial charge in [-0.1, -0.05) is 30.3 Å². The maximum absolute atomic E-state index is 12.3. The van der Waals surface area contributed by atoms with Gasteiger partial charge < -0.3 is 10.1 Å². The van der Waals surface area contributed by atoms with Crippen LogP contribution in [0.1, 0.15) is 23.6 Å². The Balaban J connectivity index is 2.12. The molecular formula is C18H18N2O2. The van der Waals surface area contributed by atoms with Crippen molar-refractivity contribution in [2.45, 2.75) is 26.9 Å². The van der Waals surface area contributed by atoms with Gasteiger partial charge in [-0.05, 0) is 44.0 Å². The second-order valence-corrected chi connectivity index (χ2v) is 5.13. The fourth-order valence-corrected chi connectivity index (χ4v) is 2.14. The van der Waals surface area contributed by atoms with Gasteiger partial charge in [-0.15, -0.1) is 0 Å². The van der Waals surface area contributed by atoms with Crippen LogP contribution in [0.3, 0.4) is 0 Å². The smallest absolute Gasteiger partial charge is 0.265 e. The number of aryl methyl sites for hydroxylation is 2. The van der Waals surface area contributed by atoms with Gasteiger partial charge >= 0.3 is 0 Å². The molecule has 0 aromatic heterocycles. The van der Waals surface area contributed by atoms with Crippen LogP contribution in [0.5, 0.6) is 5.75 Å². The lowest BCUT2D eigenvalue weighted by molar-refractivity contribution is -0.122. The fraction of sp³-hybridized carbons (Fsp3) is 0.222. The van der Waals surface area contributed by atoms with Crippen LogP contribution in [0.25, 0.3) is 0 Å². The lowest BCUT2D eigenvalue weighted by Gasteiger charge is -2.18. The second kappa shape index (κ2) is 6.77. The summed E-state index contributed by atoms with van der Waals surface area (Å²) >= 11 is 0. The SMILES string of the molecule is Cc1cccc(C)c1O[C@@H](C)C(=O)Nc1ccccc1C#N. The Kier molecular flexibility index (Phi) is 4.80. The number of ether oxygens (including phenoxy) is 1. The highest BCUT2D eigenvalue weighted by atomic mass is 16.5. The fourth-order valence-electron chi connectivity index (χ4n) is 2.14. The molecule has 0 bridgehead atoms. The lowest BCUT2D eigenvalue weighted by Crippen LogP contribution is -2.30. The van der Waals surface area contributed by atoms with Gasteiger partial charge in [0.05, 0.1) is 11.3 Å². The first-order valence-corrected chi connectivity index (χ1v) is 7.05. The standard InChI is InChI=1S/C18H18N2O2/c1-12-7-6-8-13(2)17(12)22-14(3)18(21)20-16-10-5-4-9-15(16)11-19/h4-10,14H,1-3H3,(H,20,21)/t14-/m0/s1. The molecule has 0 unspecified atom stereocenters. The number of benzene rings is 2. The van der Waals surface area contributed by atoms with Crippen molar-refractivity contribution in [3.05, 3.63) is 59.2 Å². The third-order valence-electron chi connectivity index (χ3n) is 3.38. The largest absolute Gasteiger partial charge is 0.480 e. The van der Waals surface area contributed by atoms with E-state index in [4.69, 9.17) is 10.00 Å². The maximum atomic E-state index is 12.3. The molecule has 0 saturated heterocycles. The predicted octanol–water partition coefficient (Wildman–Crippen LogP) is 3.58. The average Bonchev–Trinajstić information content (AvgIpc) is 2.51. The maximum Gasteiger partial charge on any atom is 0.265 e. The molecule has 0 heterocycles. The molecule has 0 aliphatic heterocycles. The van der Waals surface area contributed by atoms with E-state index < -0.39 is 6.10 Å². The number of carbonyl (C=O) groups is 1. The number of hydrogen-bond acceptors (Lipinski definition) is 3. The zero-order chi connectivity index (χ0) is 16.1. The molecule has 0 radical (unpaired) electrons. The van der Waals surface area contributed by atoms with Crippen molar-refractivity contribution in [1.82, 2.24) is 0 Å². The van der Waals surface area contributed by atoms with E-state index in [1.54, 1.807) is 31.2 Å². The molecule has 1 amide bonds. The van der Waals surface area contributed by atoms with Crippen molar-refractivity contribution >= 4 is 11.6 Å². The normalized spacial score (nSPS) is 11.4. The van der Waals surface area contributed by atoms with Crippen molar-refractivity contribution in [2.24, 2.45) is 0 Å². The van der Waals surface area contributed by atoms with Gasteiger partial charge in [0, 0.05) is 0 Å². The Morgan fingerprint density at radius 1 is 1.14 bits per heavy atom. The summed E-state index contributed by atoms with van der Waals surface area (Å²) in [4.78, 5) is 12.3. The van der Waals surface area contributed by atoms with Crippen molar-refractivity contribution < 1.29 is 9.53 Å². The first-order chi connectivity index (χ1) is 10.5. The van der Waals surface area contributed by atoms with Crippen LogP contribution in [0.4, 0.5) is 5.69 Å². The predicted molar refractivity (Wildman–Crippen MR) is 85.8 cm³/mol. The van der Waals surface area contributed by atoms with E-state index in [-0.39, 0.29) is 5.91 Å². The number of carbonyl (C=O) groups excluding carboxylic acids is 1.